The molecule has 0 bridgehead atoms. The van der Waals surface area contributed by atoms with E-state index < -0.39 is 0 Å². The molecule has 0 amide bonds. The highest BCUT2D eigenvalue weighted by atomic mass is 127. The van der Waals surface area contributed by atoms with Crippen molar-refractivity contribution >= 4 is 29.9 Å². The Morgan fingerprint density at radius 3 is 2.42 bits per heavy atom. The summed E-state index contributed by atoms with van der Waals surface area (Å²) in [5, 5.41) is 3.41. The normalized spacial score (nSPS) is 10.9. The Labute approximate surface area is 162 Å². The number of hydrogen-bond acceptors (Lipinski definition) is 2. The summed E-state index contributed by atoms with van der Waals surface area (Å²) < 4.78 is 0. The van der Waals surface area contributed by atoms with Crippen LogP contribution in [0.5, 0.6) is 0 Å². The quantitative estimate of drug-likeness (QED) is 0.427. The van der Waals surface area contributed by atoms with Crippen molar-refractivity contribution < 1.29 is 0 Å². The summed E-state index contributed by atoms with van der Waals surface area (Å²) in [5.41, 5.74) is 3.89. The number of hydrogen-bond donors (Lipinski definition) is 1. The molecule has 2 aromatic rings. The van der Waals surface area contributed by atoms with Crippen LogP contribution in [-0.2, 0) is 19.4 Å². The van der Waals surface area contributed by atoms with Crippen molar-refractivity contribution in [3.05, 3.63) is 65.5 Å². The van der Waals surface area contributed by atoms with Gasteiger partial charge in [0, 0.05) is 39.6 Å². The van der Waals surface area contributed by atoms with Crippen LogP contribution >= 0.6 is 24.0 Å². The number of guanidine groups is 1. The van der Waals surface area contributed by atoms with Crippen LogP contribution in [0.1, 0.15) is 23.6 Å². The molecule has 130 valence electrons. The fourth-order valence-corrected chi connectivity index (χ4v) is 2.48. The molecule has 1 aromatic carbocycles. The summed E-state index contributed by atoms with van der Waals surface area (Å²) in [5.74, 6) is 0.911. The second-order valence-corrected chi connectivity index (χ2v) is 5.61. The minimum atomic E-state index is 0. The monoisotopic (exact) mass is 438 g/mol. The lowest BCUT2D eigenvalue weighted by atomic mass is 10.1. The van der Waals surface area contributed by atoms with E-state index in [1.807, 2.05) is 19.3 Å². The molecule has 1 heterocycles. The number of rotatable bonds is 6. The van der Waals surface area contributed by atoms with E-state index in [9.17, 15) is 0 Å². The van der Waals surface area contributed by atoms with Gasteiger partial charge in [-0.2, -0.15) is 0 Å². The van der Waals surface area contributed by atoms with Gasteiger partial charge in [-0.3, -0.25) is 9.98 Å². The maximum atomic E-state index is 4.36. The molecule has 0 aliphatic carbocycles. The number of nitrogens with zero attached hydrogens (tertiary/aromatic N) is 3. The van der Waals surface area contributed by atoms with Gasteiger partial charge in [0.25, 0.3) is 0 Å². The zero-order chi connectivity index (χ0) is 16.5. The highest BCUT2D eigenvalue weighted by Gasteiger charge is 2.06. The average Bonchev–Trinajstić information content (AvgIpc) is 2.60. The molecular weight excluding hydrogens is 411 g/mol. The fraction of sp³-hybridized carbons (Fsp3) is 0.368. The second kappa shape index (κ2) is 11.0. The van der Waals surface area contributed by atoms with Gasteiger partial charge >= 0.3 is 0 Å². The molecule has 4 nitrogen and oxygen atoms in total. The SMILES string of the molecule is CCc1ccc(CN(C)C(=NC)NCCc2cccnc2)cc1.I. The van der Waals surface area contributed by atoms with Crippen molar-refractivity contribution in [2.75, 3.05) is 20.6 Å². The van der Waals surface area contributed by atoms with Crippen LogP contribution in [0.4, 0.5) is 0 Å². The molecule has 0 unspecified atom stereocenters. The van der Waals surface area contributed by atoms with Crippen molar-refractivity contribution in [1.82, 2.24) is 15.2 Å². The van der Waals surface area contributed by atoms with E-state index in [2.05, 4.69) is 64.5 Å². The van der Waals surface area contributed by atoms with Crippen LogP contribution in [0.2, 0.25) is 0 Å². The summed E-state index contributed by atoms with van der Waals surface area (Å²) in [7, 11) is 3.89. The van der Waals surface area contributed by atoms with Crippen LogP contribution in [0, 0.1) is 0 Å². The van der Waals surface area contributed by atoms with Gasteiger partial charge in [-0.05, 0) is 35.6 Å². The molecule has 0 spiro atoms. The Bertz CT molecular complexity index is 611. The number of pyridine rings is 1. The van der Waals surface area contributed by atoms with Gasteiger partial charge < -0.3 is 10.2 Å². The molecule has 1 N–H and O–H groups in total. The lowest BCUT2D eigenvalue weighted by molar-refractivity contribution is 0.477. The second-order valence-electron chi connectivity index (χ2n) is 5.61. The van der Waals surface area contributed by atoms with Gasteiger partial charge in [-0.25, -0.2) is 0 Å². The maximum Gasteiger partial charge on any atom is 0.193 e. The van der Waals surface area contributed by atoms with E-state index in [4.69, 9.17) is 0 Å². The minimum absolute atomic E-state index is 0. The van der Waals surface area contributed by atoms with Crippen molar-refractivity contribution in [3.63, 3.8) is 0 Å². The summed E-state index contributed by atoms with van der Waals surface area (Å²) in [6, 6.07) is 12.8. The van der Waals surface area contributed by atoms with Gasteiger partial charge in [0.2, 0.25) is 0 Å². The van der Waals surface area contributed by atoms with Crippen molar-refractivity contribution in [2.45, 2.75) is 26.3 Å². The summed E-state index contributed by atoms with van der Waals surface area (Å²) >= 11 is 0. The van der Waals surface area contributed by atoms with Crippen molar-refractivity contribution in [2.24, 2.45) is 4.99 Å². The highest BCUT2D eigenvalue weighted by Crippen LogP contribution is 2.07. The van der Waals surface area contributed by atoms with Gasteiger partial charge in [0.1, 0.15) is 0 Å². The number of aryl methyl sites for hydroxylation is 1. The molecule has 0 aliphatic rings. The van der Waals surface area contributed by atoms with Crippen molar-refractivity contribution in [1.29, 1.82) is 0 Å². The Balaban J connectivity index is 0.00000288. The molecule has 0 saturated heterocycles. The molecule has 0 saturated carbocycles. The number of benzene rings is 1. The van der Waals surface area contributed by atoms with Crippen LogP contribution in [0.25, 0.3) is 0 Å². The predicted molar refractivity (Wildman–Crippen MR) is 112 cm³/mol. The smallest absolute Gasteiger partial charge is 0.193 e. The Morgan fingerprint density at radius 2 is 1.83 bits per heavy atom. The fourth-order valence-electron chi connectivity index (χ4n) is 2.48. The van der Waals surface area contributed by atoms with Gasteiger partial charge in [-0.1, -0.05) is 37.3 Å². The minimum Gasteiger partial charge on any atom is -0.356 e. The molecule has 0 aliphatic heterocycles. The topological polar surface area (TPSA) is 40.5 Å². The lowest BCUT2D eigenvalue weighted by Gasteiger charge is -2.22. The van der Waals surface area contributed by atoms with E-state index >= 15 is 0 Å². The average molecular weight is 438 g/mol. The Hall–Kier alpha value is -1.63. The third-order valence-electron chi connectivity index (χ3n) is 3.84. The molecule has 5 heteroatoms. The van der Waals surface area contributed by atoms with Gasteiger partial charge in [0.05, 0.1) is 0 Å². The van der Waals surface area contributed by atoms with Crippen LogP contribution in [0.3, 0.4) is 0 Å². The first kappa shape index (κ1) is 20.4. The van der Waals surface area contributed by atoms with E-state index in [0.717, 1.165) is 31.9 Å². The molecule has 0 atom stereocenters. The Morgan fingerprint density at radius 1 is 1.12 bits per heavy atom. The molecule has 2 rings (SSSR count). The molecule has 0 fully saturated rings. The van der Waals surface area contributed by atoms with Crippen LogP contribution in [-0.4, -0.2) is 36.5 Å². The van der Waals surface area contributed by atoms with E-state index in [1.165, 1.54) is 16.7 Å². The number of aliphatic imine (C=N–C) groups is 1. The highest BCUT2D eigenvalue weighted by molar-refractivity contribution is 14.0. The predicted octanol–water partition coefficient (Wildman–Crippen LogP) is 3.51. The largest absolute Gasteiger partial charge is 0.356 e. The van der Waals surface area contributed by atoms with Gasteiger partial charge in [0.15, 0.2) is 5.96 Å². The number of halogens is 1. The van der Waals surface area contributed by atoms with E-state index in [0.29, 0.717) is 0 Å². The standard InChI is InChI=1S/C19H26N4.HI/c1-4-16-7-9-18(10-8-16)15-23(3)19(20-2)22-13-11-17-6-5-12-21-14-17;/h5-10,12,14H,4,11,13,15H2,1-3H3,(H,20,22);1H. The summed E-state index contributed by atoms with van der Waals surface area (Å²) in [4.78, 5) is 10.6. The molecule has 0 radical (unpaired) electrons. The first-order valence-electron chi connectivity index (χ1n) is 8.11. The summed E-state index contributed by atoms with van der Waals surface area (Å²) in [6.45, 7) is 3.86. The molecule has 1 aromatic heterocycles. The number of nitrogens with one attached hydrogen (secondary N) is 1. The molecular formula is C19H27IN4. The lowest BCUT2D eigenvalue weighted by Crippen LogP contribution is -2.39. The van der Waals surface area contributed by atoms with E-state index in [1.54, 1.807) is 6.20 Å². The maximum absolute atomic E-state index is 4.36. The summed E-state index contributed by atoms with van der Waals surface area (Å²) in [6.07, 6.45) is 5.72. The Kier molecular flexibility index (Phi) is 9.37. The third-order valence-corrected chi connectivity index (χ3v) is 3.84. The van der Waals surface area contributed by atoms with Crippen LogP contribution in [0.15, 0.2) is 53.8 Å². The van der Waals surface area contributed by atoms with Crippen LogP contribution < -0.4 is 5.32 Å². The number of aromatic nitrogens is 1. The zero-order valence-electron chi connectivity index (χ0n) is 14.7. The third kappa shape index (κ3) is 6.47. The van der Waals surface area contributed by atoms with Gasteiger partial charge in [-0.15, -0.1) is 24.0 Å². The first-order chi connectivity index (χ1) is 11.2. The van der Waals surface area contributed by atoms with Crippen molar-refractivity contribution in [3.8, 4) is 0 Å². The zero-order valence-corrected chi connectivity index (χ0v) is 17.0. The molecule has 24 heavy (non-hydrogen) atoms. The first-order valence-corrected chi connectivity index (χ1v) is 8.11. The van der Waals surface area contributed by atoms with E-state index in [-0.39, 0.29) is 24.0 Å².